The maximum atomic E-state index is 14.0. The Morgan fingerprint density at radius 1 is 1.00 bits per heavy atom. The molecule has 2 aromatic rings. The van der Waals surface area contributed by atoms with Gasteiger partial charge in [-0.05, 0) is 23.8 Å². The van der Waals surface area contributed by atoms with Gasteiger partial charge in [0.2, 0.25) is 0 Å². The van der Waals surface area contributed by atoms with Gasteiger partial charge in [0.15, 0.2) is 0 Å². The normalized spacial score (nSPS) is 12.0. The number of nitrogens with two attached hydrogens (primary N) is 1. The van der Waals surface area contributed by atoms with Gasteiger partial charge in [0.25, 0.3) is 0 Å². The Morgan fingerprint density at radius 3 is 2.32 bits per heavy atom. The Hall–Kier alpha value is -2.07. The van der Waals surface area contributed by atoms with Gasteiger partial charge in [-0.15, -0.1) is 0 Å². The van der Waals surface area contributed by atoms with Crippen LogP contribution in [0.4, 0.5) is 4.39 Å². The molecule has 0 spiro atoms. The van der Waals surface area contributed by atoms with Crippen LogP contribution in [0.15, 0.2) is 42.5 Å². The summed E-state index contributed by atoms with van der Waals surface area (Å²) in [6, 6.07) is 11.4. The molecule has 2 rings (SSSR count). The molecule has 0 radical (unpaired) electrons. The van der Waals surface area contributed by atoms with Gasteiger partial charge in [-0.1, -0.05) is 18.2 Å². The monoisotopic (exact) mass is 261 g/mol. The maximum Gasteiger partial charge on any atom is 0.132 e. The first-order valence-corrected chi connectivity index (χ1v) is 5.88. The molecule has 0 fully saturated rings. The molecule has 0 aromatic heterocycles. The van der Waals surface area contributed by atoms with Crippen LogP contribution in [-0.2, 0) is 0 Å². The van der Waals surface area contributed by atoms with E-state index in [9.17, 15) is 4.39 Å². The Balaban J connectivity index is 2.35. The molecule has 1 unspecified atom stereocenters. The third-order valence-corrected chi connectivity index (χ3v) is 3.00. The molecule has 0 aliphatic heterocycles. The highest BCUT2D eigenvalue weighted by Gasteiger charge is 2.14. The van der Waals surface area contributed by atoms with Crippen molar-refractivity contribution in [1.82, 2.24) is 0 Å². The topological polar surface area (TPSA) is 44.5 Å². The summed E-state index contributed by atoms with van der Waals surface area (Å²) in [5.74, 6) is 0.788. The first kappa shape index (κ1) is 13.4. The highest BCUT2D eigenvalue weighted by Crippen LogP contribution is 2.27. The van der Waals surface area contributed by atoms with Gasteiger partial charge in [-0.25, -0.2) is 4.39 Å². The second-order valence-electron chi connectivity index (χ2n) is 4.14. The minimum atomic E-state index is -0.541. The van der Waals surface area contributed by atoms with Gasteiger partial charge < -0.3 is 15.2 Å². The van der Waals surface area contributed by atoms with Crippen LogP contribution in [0.25, 0.3) is 0 Å². The van der Waals surface area contributed by atoms with E-state index in [-0.39, 0.29) is 5.82 Å². The largest absolute Gasteiger partial charge is 0.497 e. The van der Waals surface area contributed by atoms with Gasteiger partial charge in [0.05, 0.1) is 20.3 Å². The maximum absolute atomic E-state index is 14.0. The predicted octanol–water partition coefficient (Wildman–Crippen LogP) is 2.89. The quantitative estimate of drug-likeness (QED) is 0.920. The van der Waals surface area contributed by atoms with Gasteiger partial charge in [0, 0.05) is 11.6 Å². The third kappa shape index (κ3) is 2.85. The van der Waals surface area contributed by atoms with Gasteiger partial charge in [-0.2, -0.15) is 0 Å². The number of hydrogen-bond acceptors (Lipinski definition) is 3. The SMILES string of the molecule is COc1cccc(C(N)c2ccc(OC)cc2F)c1. The Morgan fingerprint density at radius 2 is 1.68 bits per heavy atom. The molecule has 0 aliphatic rings. The number of methoxy groups -OCH3 is 2. The molecule has 2 N–H and O–H groups in total. The number of benzene rings is 2. The average molecular weight is 261 g/mol. The number of rotatable bonds is 4. The van der Waals surface area contributed by atoms with Gasteiger partial charge in [-0.3, -0.25) is 0 Å². The highest BCUT2D eigenvalue weighted by atomic mass is 19.1. The van der Waals surface area contributed by atoms with E-state index in [0.29, 0.717) is 17.1 Å². The van der Waals surface area contributed by atoms with E-state index in [4.69, 9.17) is 15.2 Å². The van der Waals surface area contributed by atoms with E-state index >= 15 is 0 Å². The lowest BCUT2D eigenvalue weighted by Gasteiger charge is -2.15. The summed E-state index contributed by atoms with van der Waals surface area (Å²) in [5, 5.41) is 0. The van der Waals surface area contributed by atoms with Crippen LogP contribution in [0.5, 0.6) is 11.5 Å². The van der Waals surface area contributed by atoms with Crippen molar-refractivity contribution in [2.45, 2.75) is 6.04 Å². The molecule has 19 heavy (non-hydrogen) atoms. The van der Waals surface area contributed by atoms with Crippen molar-refractivity contribution in [2.24, 2.45) is 5.73 Å². The van der Waals surface area contributed by atoms with Crippen LogP contribution in [0.2, 0.25) is 0 Å². The molecule has 0 bridgehead atoms. The molecular weight excluding hydrogens is 245 g/mol. The van der Waals surface area contributed by atoms with Crippen molar-refractivity contribution in [3.8, 4) is 11.5 Å². The zero-order chi connectivity index (χ0) is 13.8. The molecular formula is C15H16FNO2. The lowest BCUT2D eigenvalue weighted by Crippen LogP contribution is -2.13. The van der Waals surface area contributed by atoms with E-state index in [1.165, 1.54) is 13.2 Å². The van der Waals surface area contributed by atoms with Crippen molar-refractivity contribution in [3.63, 3.8) is 0 Å². The predicted molar refractivity (Wildman–Crippen MR) is 72.0 cm³/mol. The first-order valence-electron chi connectivity index (χ1n) is 5.88. The second-order valence-corrected chi connectivity index (χ2v) is 4.14. The molecule has 0 amide bonds. The highest BCUT2D eigenvalue weighted by molar-refractivity contribution is 5.39. The molecule has 4 heteroatoms. The number of ether oxygens (including phenoxy) is 2. The summed E-state index contributed by atoms with van der Waals surface area (Å²) in [4.78, 5) is 0. The van der Waals surface area contributed by atoms with Crippen molar-refractivity contribution in [3.05, 3.63) is 59.4 Å². The van der Waals surface area contributed by atoms with E-state index in [1.807, 2.05) is 18.2 Å². The summed E-state index contributed by atoms with van der Waals surface area (Å²) in [6.45, 7) is 0. The Labute approximate surface area is 111 Å². The fourth-order valence-electron chi connectivity index (χ4n) is 1.90. The molecule has 2 aromatic carbocycles. The fraction of sp³-hybridized carbons (Fsp3) is 0.200. The van der Waals surface area contributed by atoms with Crippen molar-refractivity contribution >= 4 is 0 Å². The van der Waals surface area contributed by atoms with E-state index < -0.39 is 6.04 Å². The smallest absolute Gasteiger partial charge is 0.132 e. The summed E-state index contributed by atoms with van der Waals surface area (Å²) >= 11 is 0. The molecule has 1 atom stereocenters. The van der Waals surface area contributed by atoms with Crippen LogP contribution in [0.1, 0.15) is 17.2 Å². The standard InChI is InChI=1S/C15H16FNO2/c1-18-11-5-3-4-10(8-11)15(17)13-7-6-12(19-2)9-14(13)16/h3-9,15H,17H2,1-2H3. The van der Waals surface area contributed by atoms with E-state index in [0.717, 1.165) is 5.56 Å². The third-order valence-electron chi connectivity index (χ3n) is 3.00. The molecule has 0 saturated carbocycles. The summed E-state index contributed by atoms with van der Waals surface area (Å²) in [5.41, 5.74) is 7.32. The van der Waals surface area contributed by atoms with Crippen LogP contribution < -0.4 is 15.2 Å². The first-order chi connectivity index (χ1) is 9.15. The van der Waals surface area contributed by atoms with Crippen molar-refractivity contribution < 1.29 is 13.9 Å². The zero-order valence-electron chi connectivity index (χ0n) is 10.9. The van der Waals surface area contributed by atoms with E-state index in [1.54, 1.807) is 25.3 Å². The van der Waals surface area contributed by atoms with Crippen molar-refractivity contribution in [1.29, 1.82) is 0 Å². The van der Waals surface area contributed by atoms with Crippen LogP contribution in [0.3, 0.4) is 0 Å². The molecule has 0 heterocycles. The molecule has 3 nitrogen and oxygen atoms in total. The number of halogens is 1. The van der Waals surface area contributed by atoms with Gasteiger partial charge >= 0.3 is 0 Å². The number of hydrogen-bond donors (Lipinski definition) is 1. The van der Waals surface area contributed by atoms with Gasteiger partial charge in [0.1, 0.15) is 17.3 Å². The lowest BCUT2D eigenvalue weighted by molar-refractivity contribution is 0.410. The van der Waals surface area contributed by atoms with Crippen molar-refractivity contribution in [2.75, 3.05) is 14.2 Å². The lowest BCUT2D eigenvalue weighted by atomic mass is 9.99. The molecule has 100 valence electrons. The molecule has 0 aliphatic carbocycles. The Kier molecular flexibility index (Phi) is 4.02. The summed E-state index contributed by atoms with van der Waals surface area (Å²) in [6.07, 6.45) is 0. The van der Waals surface area contributed by atoms with Crippen LogP contribution >= 0.6 is 0 Å². The minimum absolute atomic E-state index is 0.380. The summed E-state index contributed by atoms with van der Waals surface area (Å²) in [7, 11) is 3.08. The van der Waals surface area contributed by atoms with E-state index in [2.05, 4.69) is 0 Å². The summed E-state index contributed by atoms with van der Waals surface area (Å²) < 4.78 is 24.1. The fourth-order valence-corrected chi connectivity index (χ4v) is 1.90. The average Bonchev–Trinajstić information content (AvgIpc) is 2.46. The second kappa shape index (κ2) is 5.71. The van der Waals surface area contributed by atoms with Crippen LogP contribution in [0, 0.1) is 5.82 Å². The Bertz CT molecular complexity index is 572. The zero-order valence-corrected chi connectivity index (χ0v) is 10.9. The minimum Gasteiger partial charge on any atom is -0.497 e. The van der Waals surface area contributed by atoms with Crippen LogP contribution in [-0.4, -0.2) is 14.2 Å². The molecule has 0 saturated heterocycles.